The average molecular weight is 454 g/mol. The Bertz CT molecular complexity index is 711. The third kappa shape index (κ3) is 5.17. The van der Waals surface area contributed by atoms with E-state index in [1.807, 2.05) is 43.0 Å². The largest absolute Gasteiger partial charge is 0.357 e. The number of guanidine groups is 1. The van der Waals surface area contributed by atoms with Gasteiger partial charge in [-0.1, -0.05) is 6.07 Å². The summed E-state index contributed by atoms with van der Waals surface area (Å²) in [5.74, 6) is 1.51. The van der Waals surface area contributed by atoms with Crippen LogP contribution in [0.15, 0.2) is 35.6 Å². The van der Waals surface area contributed by atoms with Crippen LogP contribution in [0.1, 0.15) is 36.2 Å². The molecule has 136 valence electrons. The molecule has 1 aliphatic rings. The van der Waals surface area contributed by atoms with Crippen LogP contribution in [0, 0.1) is 6.92 Å². The first-order chi connectivity index (χ1) is 11.7. The van der Waals surface area contributed by atoms with Gasteiger partial charge in [0.1, 0.15) is 0 Å². The highest BCUT2D eigenvalue weighted by Gasteiger charge is 2.26. The van der Waals surface area contributed by atoms with Crippen molar-refractivity contribution in [2.75, 3.05) is 19.6 Å². The lowest BCUT2D eigenvalue weighted by Gasteiger charge is -2.21. The summed E-state index contributed by atoms with van der Waals surface area (Å²) in [4.78, 5) is 11.7. The molecular formula is C18H27IN6. The summed E-state index contributed by atoms with van der Waals surface area (Å²) in [6.45, 7) is 7.60. The van der Waals surface area contributed by atoms with E-state index in [9.17, 15) is 0 Å². The van der Waals surface area contributed by atoms with Crippen LogP contribution in [0.5, 0.6) is 0 Å². The SMILES string of the molecule is CCNC(=NCc1cccc(C)n1)N1CCC(c2cnn(C)c2)C1.I. The Morgan fingerprint density at radius 1 is 1.40 bits per heavy atom. The van der Waals surface area contributed by atoms with E-state index in [0.29, 0.717) is 12.5 Å². The van der Waals surface area contributed by atoms with Crippen molar-refractivity contribution in [1.82, 2.24) is 25.0 Å². The molecule has 0 saturated carbocycles. The highest BCUT2D eigenvalue weighted by Crippen LogP contribution is 2.26. The van der Waals surface area contributed by atoms with Crippen molar-refractivity contribution in [2.45, 2.75) is 32.7 Å². The number of aromatic nitrogens is 3. The predicted octanol–water partition coefficient (Wildman–Crippen LogP) is 2.70. The van der Waals surface area contributed by atoms with Crippen molar-refractivity contribution in [3.05, 3.63) is 47.5 Å². The molecule has 25 heavy (non-hydrogen) atoms. The third-order valence-corrected chi connectivity index (χ3v) is 4.36. The first kappa shape index (κ1) is 19.7. The quantitative estimate of drug-likeness (QED) is 0.439. The number of aryl methyl sites for hydroxylation is 2. The lowest BCUT2D eigenvalue weighted by molar-refractivity contribution is 0.486. The number of nitrogens with zero attached hydrogens (tertiary/aromatic N) is 5. The van der Waals surface area contributed by atoms with Gasteiger partial charge in [0, 0.05) is 44.5 Å². The Hall–Kier alpha value is -1.64. The van der Waals surface area contributed by atoms with Gasteiger partial charge in [-0.3, -0.25) is 9.67 Å². The Morgan fingerprint density at radius 3 is 2.92 bits per heavy atom. The van der Waals surface area contributed by atoms with Crippen LogP contribution in [0.4, 0.5) is 0 Å². The molecule has 0 aliphatic carbocycles. The van der Waals surface area contributed by atoms with Crippen LogP contribution < -0.4 is 5.32 Å². The van der Waals surface area contributed by atoms with E-state index in [1.54, 1.807) is 0 Å². The van der Waals surface area contributed by atoms with Gasteiger partial charge in [0.25, 0.3) is 0 Å². The second-order valence-electron chi connectivity index (χ2n) is 6.32. The Morgan fingerprint density at radius 2 is 2.24 bits per heavy atom. The molecule has 0 amide bonds. The molecule has 1 fully saturated rings. The average Bonchev–Trinajstić information content (AvgIpc) is 3.20. The van der Waals surface area contributed by atoms with E-state index in [-0.39, 0.29) is 24.0 Å². The molecule has 3 heterocycles. The van der Waals surface area contributed by atoms with Gasteiger partial charge >= 0.3 is 0 Å². The van der Waals surface area contributed by atoms with Gasteiger partial charge < -0.3 is 10.2 Å². The highest BCUT2D eigenvalue weighted by molar-refractivity contribution is 14.0. The van der Waals surface area contributed by atoms with E-state index < -0.39 is 0 Å². The molecule has 1 aliphatic heterocycles. The molecule has 1 N–H and O–H groups in total. The summed E-state index contributed by atoms with van der Waals surface area (Å²) >= 11 is 0. The van der Waals surface area contributed by atoms with Gasteiger partial charge in [-0.05, 0) is 38.0 Å². The second kappa shape index (κ2) is 9.17. The van der Waals surface area contributed by atoms with E-state index in [4.69, 9.17) is 4.99 Å². The lowest BCUT2D eigenvalue weighted by Crippen LogP contribution is -2.40. The monoisotopic (exact) mass is 454 g/mol. The summed E-state index contributed by atoms with van der Waals surface area (Å²) in [5, 5.41) is 7.71. The number of hydrogen-bond acceptors (Lipinski definition) is 3. The minimum Gasteiger partial charge on any atom is -0.357 e. The minimum absolute atomic E-state index is 0. The number of likely N-dealkylation sites (tertiary alicyclic amines) is 1. The highest BCUT2D eigenvalue weighted by atomic mass is 127. The minimum atomic E-state index is 0. The molecule has 0 spiro atoms. The molecule has 0 radical (unpaired) electrons. The first-order valence-corrected chi connectivity index (χ1v) is 8.60. The first-order valence-electron chi connectivity index (χ1n) is 8.60. The van der Waals surface area contributed by atoms with Gasteiger partial charge in [0.05, 0.1) is 18.4 Å². The van der Waals surface area contributed by atoms with Crippen molar-refractivity contribution in [2.24, 2.45) is 12.0 Å². The predicted molar refractivity (Wildman–Crippen MR) is 111 cm³/mol. The Balaban J connectivity index is 0.00000225. The van der Waals surface area contributed by atoms with Crippen LogP contribution >= 0.6 is 24.0 Å². The number of halogens is 1. The molecule has 6 nitrogen and oxygen atoms in total. The van der Waals surface area contributed by atoms with Crippen LogP contribution in [0.3, 0.4) is 0 Å². The maximum absolute atomic E-state index is 4.79. The van der Waals surface area contributed by atoms with Crippen LogP contribution in [-0.2, 0) is 13.6 Å². The molecule has 7 heteroatoms. The van der Waals surface area contributed by atoms with Gasteiger partial charge in [-0.25, -0.2) is 4.99 Å². The topological polar surface area (TPSA) is 58.3 Å². The third-order valence-electron chi connectivity index (χ3n) is 4.36. The normalized spacial score (nSPS) is 17.5. The fourth-order valence-corrected chi connectivity index (χ4v) is 3.14. The zero-order valence-electron chi connectivity index (χ0n) is 15.1. The van der Waals surface area contributed by atoms with E-state index in [0.717, 1.165) is 43.4 Å². The van der Waals surface area contributed by atoms with Gasteiger partial charge in [0.15, 0.2) is 5.96 Å². The maximum Gasteiger partial charge on any atom is 0.194 e. The van der Waals surface area contributed by atoms with Crippen molar-refractivity contribution < 1.29 is 0 Å². The number of rotatable bonds is 4. The molecule has 1 atom stereocenters. The fraction of sp³-hybridized carbons (Fsp3) is 0.500. The molecule has 1 unspecified atom stereocenters. The van der Waals surface area contributed by atoms with E-state index >= 15 is 0 Å². The van der Waals surface area contributed by atoms with Crippen LogP contribution in [0.2, 0.25) is 0 Å². The number of aliphatic imine (C=N–C) groups is 1. The second-order valence-corrected chi connectivity index (χ2v) is 6.32. The smallest absolute Gasteiger partial charge is 0.194 e. The van der Waals surface area contributed by atoms with Crippen molar-refractivity contribution in [1.29, 1.82) is 0 Å². The van der Waals surface area contributed by atoms with Crippen LogP contribution in [-0.4, -0.2) is 45.3 Å². The summed E-state index contributed by atoms with van der Waals surface area (Å²) in [5.41, 5.74) is 3.36. The van der Waals surface area contributed by atoms with Crippen molar-refractivity contribution in [3.8, 4) is 0 Å². The zero-order chi connectivity index (χ0) is 16.9. The Labute approximate surface area is 166 Å². The molecule has 1 saturated heterocycles. The van der Waals surface area contributed by atoms with Crippen molar-refractivity contribution in [3.63, 3.8) is 0 Å². The summed E-state index contributed by atoms with van der Waals surface area (Å²) in [6.07, 6.45) is 5.24. The standard InChI is InChI=1S/C18H26N6.HI/c1-4-19-18(20-11-17-7-5-6-14(2)22-17)24-9-8-15(13-24)16-10-21-23(3)12-16;/h5-7,10,12,15H,4,8-9,11,13H2,1-3H3,(H,19,20);1H. The molecule has 2 aromatic rings. The number of nitrogens with one attached hydrogen (secondary N) is 1. The Kier molecular flexibility index (Phi) is 7.22. The number of pyridine rings is 1. The summed E-state index contributed by atoms with van der Waals surface area (Å²) < 4.78 is 1.88. The van der Waals surface area contributed by atoms with E-state index in [1.165, 1.54) is 5.56 Å². The lowest BCUT2D eigenvalue weighted by atomic mass is 10.0. The van der Waals surface area contributed by atoms with E-state index in [2.05, 4.69) is 33.4 Å². The summed E-state index contributed by atoms with van der Waals surface area (Å²) in [6, 6.07) is 6.08. The fourth-order valence-electron chi connectivity index (χ4n) is 3.14. The zero-order valence-corrected chi connectivity index (χ0v) is 17.5. The molecular weight excluding hydrogens is 427 g/mol. The maximum atomic E-state index is 4.79. The molecule has 2 aromatic heterocycles. The van der Waals surface area contributed by atoms with Gasteiger partial charge in [-0.2, -0.15) is 5.10 Å². The van der Waals surface area contributed by atoms with Crippen LogP contribution in [0.25, 0.3) is 0 Å². The summed E-state index contributed by atoms with van der Waals surface area (Å²) in [7, 11) is 1.97. The van der Waals surface area contributed by atoms with Crippen molar-refractivity contribution >= 4 is 29.9 Å². The van der Waals surface area contributed by atoms with Gasteiger partial charge in [-0.15, -0.1) is 24.0 Å². The molecule has 0 aromatic carbocycles. The number of hydrogen-bond donors (Lipinski definition) is 1. The molecule has 0 bridgehead atoms. The van der Waals surface area contributed by atoms with Gasteiger partial charge in [0.2, 0.25) is 0 Å². The molecule has 3 rings (SSSR count).